The number of fused-ring (bicyclic) bond motifs is 1. The molecule has 1 aliphatic rings. The number of carbonyl (C=O) groups excluding carboxylic acids is 2. The number of aryl methyl sites for hydroxylation is 2. The molecule has 0 fully saturated rings. The second-order valence-corrected chi connectivity index (χ2v) is 9.67. The van der Waals surface area contributed by atoms with Crippen molar-refractivity contribution in [3.63, 3.8) is 0 Å². The van der Waals surface area contributed by atoms with Crippen LogP contribution in [0.3, 0.4) is 0 Å². The summed E-state index contributed by atoms with van der Waals surface area (Å²) in [7, 11) is 0. The van der Waals surface area contributed by atoms with Gasteiger partial charge in [-0.25, -0.2) is 0 Å². The van der Waals surface area contributed by atoms with Crippen molar-refractivity contribution in [2.24, 2.45) is 0 Å². The molecule has 2 aromatic carbocycles. The molecule has 0 spiro atoms. The predicted molar refractivity (Wildman–Crippen MR) is 135 cm³/mol. The Morgan fingerprint density at radius 3 is 2.48 bits per heavy atom. The summed E-state index contributed by atoms with van der Waals surface area (Å²) in [6.45, 7) is 7.58. The average molecular weight is 461 g/mol. The van der Waals surface area contributed by atoms with Crippen molar-refractivity contribution in [2.45, 2.75) is 46.1 Å². The van der Waals surface area contributed by atoms with Crippen LogP contribution < -0.4 is 0 Å². The van der Waals surface area contributed by atoms with Crippen LogP contribution in [0.2, 0.25) is 0 Å². The third kappa shape index (κ3) is 4.88. The molecule has 0 radical (unpaired) electrons. The zero-order chi connectivity index (χ0) is 23.4. The molecule has 33 heavy (non-hydrogen) atoms. The van der Waals surface area contributed by atoms with E-state index in [9.17, 15) is 9.59 Å². The number of amides is 2. The molecule has 2 amide bonds. The van der Waals surface area contributed by atoms with Crippen LogP contribution in [-0.2, 0) is 17.6 Å². The molecule has 1 unspecified atom stereocenters. The maximum Gasteiger partial charge on any atom is 0.254 e. The fourth-order valence-corrected chi connectivity index (χ4v) is 5.56. The lowest BCUT2D eigenvalue weighted by atomic mass is 9.90. The summed E-state index contributed by atoms with van der Waals surface area (Å²) in [6.07, 6.45) is 2.61. The second-order valence-electron chi connectivity index (χ2n) is 8.67. The lowest BCUT2D eigenvalue weighted by Gasteiger charge is -2.38. The number of thiophene rings is 1. The van der Waals surface area contributed by atoms with Crippen LogP contribution in [0, 0.1) is 6.92 Å². The maximum atomic E-state index is 13.7. The monoisotopic (exact) mass is 460 g/mol. The van der Waals surface area contributed by atoms with Gasteiger partial charge in [0.2, 0.25) is 5.91 Å². The van der Waals surface area contributed by atoms with E-state index in [1.807, 2.05) is 48.2 Å². The van der Waals surface area contributed by atoms with Crippen molar-refractivity contribution >= 4 is 23.2 Å². The molecule has 2 heterocycles. The third-order valence-electron chi connectivity index (χ3n) is 6.49. The van der Waals surface area contributed by atoms with Gasteiger partial charge >= 0.3 is 0 Å². The summed E-state index contributed by atoms with van der Waals surface area (Å²) in [5, 5.41) is 2.12. The normalized spacial score (nSPS) is 15.2. The van der Waals surface area contributed by atoms with Gasteiger partial charge in [0.05, 0.1) is 6.04 Å². The molecular formula is C28H32N2O2S. The van der Waals surface area contributed by atoms with Gasteiger partial charge in [0.25, 0.3) is 5.91 Å². The van der Waals surface area contributed by atoms with E-state index >= 15 is 0 Å². The Labute approximate surface area is 200 Å². The first-order valence-corrected chi connectivity index (χ1v) is 12.7. The van der Waals surface area contributed by atoms with Gasteiger partial charge < -0.3 is 9.80 Å². The first-order valence-electron chi connectivity index (χ1n) is 11.8. The third-order valence-corrected chi connectivity index (χ3v) is 7.48. The number of nitrogens with zero attached hydrogens (tertiary/aromatic N) is 2. The van der Waals surface area contributed by atoms with Crippen LogP contribution in [0.25, 0.3) is 0 Å². The molecule has 5 heteroatoms. The number of rotatable bonds is 7. The molecule has 3 aromatic rings. The molecule has 0 bridgehead atoms. The van der Waals surface area contributed by atoms with Crippen molar-refractivity contribution in [3.05, 3.63) is 92.7 Å². The highest BCUT2D eigenvalue weighted by molar-refractivity contribution is 7.10. The summed E-state index contributed by atoms with van der Waals surface area (Å²) in [5.74, 6) is -0.0689. The van der Waals surface area contributed by atoms with Crippen molar-refractivity contribution in [3.8, 4) is 0 Å². The molecule has 1 aromatic heterocycles. The van der Waals surface area contributed by atoms with Gasteiger partial charge in [-0.2, -0.15) is 0 Å². The number of hydrogen-bond donors (Lipinski definition) is 0. The van der Waals surface area contributed by atoms with Crippen LogP contribution in [0.15, 0.2) is 60.0 Å². The van der Waals surface area contributed by atoms with Crippen LogP contribution in [-0.4, -0.2) is 41.2 Å². The van der Waals surface area contributed by atoms with E-state index in [0.29, 0.717) is 18.7 Å². The van der Waals surface area contributed by atoms with Crippen molar-refractivity contribution in [2.75, 3.05) is 19.6 Å². The van der Waals surface area contributed by atoms with E-state index in [-0.39, 0.29) is 24.4 Å². The Bertz CT molecular complexity index is 1120. The fraction of sp³-hybridized carbons (Fsp3) is 0.357. The predicted octanol–water partition coefficient (Wildman–Crippen LogP) is 5.65. The Morgan fingerprint density at radius 1 is 1.03 bits per heavy atom. The molecule has 4 nitrogen and oxygen atoms in total. The number of hydrogen-bond acceptors (Lipinski definition) is 3. The van der Waals surface area contributed by atoms with Crippen molar-refractivity contribution < 1.29 is 9.59 Å². The Balaban J connectivity index is 1.60. The quantitative estimate of drug-likeness (QED) is 0.457. The molecular weight excluding hydrogens is 428 g/mol. The fourth-order valence-electron chi connectivity index (χ4n) is 4.66. The molecule has 1 atom stereocenters. The van der Waals surface area contributed by atoms with Crippen LogP contribution >= 0.6 is 11.3 Å². The second kappa shape index (κ2) is 10.3. The molecule has 172 valence electrons. The van der Waals surface area contributed by atoms with Gasteiger partial charge in [0.1, 0.15) is 6.54 Å². The van der Waals surface area contributed by atoms with E-state index in [1.54, 1.807) is 16.2 Å². The van der Waals surface area contributed by atoms with Gasteiger partial charge in [0.15, 0.2) is 0 Å². The molecule has 0 aliphatic carbocycles. The van der Waals surface area contributed by atoms with Crippen molar-refractivity contribution in [1.29, 1.82) is 0 Å². The Morgan fingerprint density at radius 2 is 1.79 bits per heavy atom. The van der Waals surface area contributed by atoms with Gasteiger partial charge in [-0.1, -0.05) is 50.2 Å². The summed E-state index contributed by atoms with van der Waals surface area (Å²) in [4.78, 5) is 32.0. The Kier molecular flexibility index (Phi) is 7.29. The smallest absolute Gasteiger partial charge is 0.254 e. The van der Waals surface area contributed by atoms with Crippen molar-refractivity contribution in [1.82, 2.24) is 9.80 Å². The minimum atomic E-state index is -0.101. The molecule has 1 aliphatic heterocycles. The summed E-state index contributed by atoms with van der Waals surface area (Å²) in [6, 6.07) is 18.1. The van der Waals surface area contributed by atoms with E-state index in [1.165, 1.54) is 21.6 Å². The van der Waals surface area contributed by atoms with Gasteiger partial charge in [-0.15, -0.1) is 11.3 Å². The molecule has 0 N–H and O–H groups in total. The highest BCUT2D eigenvalue weighted by atomic mass is 32.1. The van der Waals surface area contributed by atoms with E-state index < -0.39 is 0 Å². The van der Waals surface area contributed by atoms with Crippen LogP contribution in [0.5, 0.6) is 0 Å². The highest BCUT2D eigenvalue weighted by Crippen LogP contribution is 2.39. The van der Waals surface area contributed by atoms with E-state index in [2.05, 4.69) is 37.4 Å². The van der Waals surface area contributed by atoms with Gasteiger partial charge in [-0.05, 0) is 72.0 Å². The highest BCUT2D eigenvalue weighted by Gasteiger charge is 2.34. The maximum absolute atomic E-state index is 13.7. The zero-order valence-electron chi connectivity index (χ0n) is 19.7. The van der Waals surface area contributed by atoms with Gasteiger partial charge in [0, 0.05) is 23.5 Å². The average Bonchev–Trinajstić information content (AvgIpc) is 3.32. The first-order chi connectivity index (χ1) is 16.0. The minimum absolute atomic E-state index is 0.00656. The van der Waals surface area contributed by atoms with Crippen LogP contribution in [0.1, 0.15) is 63.8 Å². The molecule has 0 saturated carbocycles. The first kappa shape index (κ1) is 23.2. The summed E-state index contributed by atoms with van der Waals surface area (Å²) in [5.41, 5.74) is 5.40. The largest absolute Gasteiger partial charge is 0.330 e. The minimum Gasteiger partial charge on any atom is -0.330 e. The summed E-state index contributed by atoms with van der Waals surface area (Å²) >= 11 is 1.77. The van der Waals surface area contributed by atoms with Crippen LogP contribution in [0.4, 0.5) is 0 Å². The SMILES string of the molecule is CCCN(CC(=O)N1CCc2sccc2C1c1ccccc1C)C(=O)c1ccc(CC)cc1. The molecule has 0 saturated heterocycles. The standard InChI is InChI=1S/C28H32N2O2S/c1-4-16-29(28(32)22-12-10-21(5-2)11-13-22)19-26(31)30-17-14-25-24(15-18-33-25)27(30)23-9-7-6-8-20(23)3/h6-13,15,18,27H,4-5,14,16-17,19H2,1-3H3. The van der Waals surface area contributed by atoms with Gasteiger partial charge in [-0.3, -0.25) is 9.59 Å². The lowest BCUT2D eigenvalue weighted by Crippen LogP contribution is -2.47. The van der Waals surface area contributed by atoms with E-state index in [4.69, 9.17) is 0 Å². The zero-order valence-corrected chi connectivity index (χ0v) is 20.5. The lowest BCUT2D eigenvalue weighted by molar-refractivity contribution is -0.134. The molecule has 4 rings (SSSR count). The number of carbonyl (C=O) groups is 2. The Hall–Kier alpha value is -2.92. The number of benzene rings is 2. The summed E-state index contributed by atoms with van der Waals surface area (Å²) < 4.78 is 0. The topological polar surface area (TPSA) is 40.6 Å². The van der Waals surface area contributed by atoms with E-state index in [0.717, 1.165) is 24.8 Å².